The predicted molar refractivity (Wildman–Crippen MR) is 70.0 cm³/mol. The molecule has 1 aliphatic heterocycles. The highest BCUT2D eigenvalue weighted by atomic mass is 16.5. The summed E-state index contributed by atoms with van der Waals surface area (Å²) in [4.78, 5) is 2.44. The Morgan fingerprint density at radius 2 is 1.65 bits per heavy atom. The lowest BCUT2D eigenvalue weighted by molar-refractivity contribution is -0.239. The van der Waals surface area contributed by atoms with Crippen molar-refractivity contribution in [1.29, 1.82) is 0 Å². The van der Waals surface area contributed by atoms with E-state index in [1.54, 1.807) is 5.06 Å². The maximum atomic E-state index is 10.8. The Bertz CT molecular complexity index is 269. The molecule has 0 aromatic carbocycles. The van der Waals surface area contributed by atoms with Gasteiger partial charge in [-0.1, -0.05) is 33.1 Å². The number of likely N-dealkylation sites (N-methyl/N-ethyl adjacent to an activating group) is 1. The molecule has 1 aliphatic carbocycles. The standard InChI is InChI=1S/C14H28N2O/c1-5-13(6-2)12(3)15(4)14(16(13)17)10-8-7-9-11-14/h12,17H,5-11H2,1-4H3. The summed E-state index contributed by atoms with van der Waals surface area (Å²) in [6.45, 7) is 6.69. The lowest BCUT2D eigenvalue weighted by atomic mass is 9.85. The van der Waals surface area contributed by atoms with Crippen molar-refractivity contribution < 1.29 is 5.21 Å². The molecule has 0 aromatic heterocycles. The van der Waals surface area contributed by atoms with Crippen molar-refractivity contribution in [3.8, 4) is 0 Å². The van der Waals surface area contributed by atoms with Crippen LogP contribution in [0.25, 0.3) is 0 Å². The first-order chi connectivity index (χ1) is 8.05. The summed E-state index contributed by atoms with van der Waals surface area (Å²) in [5.41, 5.74) is -0.129. The van der Waals surface area contributed by atoms with E-state index < -0.39 is 0 Å². The SMILES string of the molecule is CCC1(CC)C(C)N(C)C2(CCCCC2)N1O. The Balaban J connectivity index is 2.36. The molecule has 0 amide bonds. The van der Waals surface area contributed by atoms with E-state index in [-0.39, 0.29) is 11.2 Å². The third kappa shape index (κ3) is 1.59. The van der Waals surface area contributed by atoms with Crippen molar-refractivity contribution in [2.24, 2.45) is 0 Å². The molecule has 2 rings (SSSR count). The first-order valence-electron chi connectivity index (χ1n) is 7.27. The van der Waals surface area contributed by atoms with Crippen molar-refractivity contribution in [2.75, 3.05) is 7.05 Å². The Kier molecular flexibility index (Phi) is 3.54. The van der Waals surface area contributed by atoms with Crippen molar-refractivity contribution in [3.63, 3.8) is 0 Å². The minimum atomic E-state index is -0.0797. The summed E-state index contributed by atoms with van der Waals surface area (Å²) in [7, 11) is 2.20. The van der Waals surface area contributed by atoms with Crippen LogP contribution >= 0.6 is 0 Å². The first-order valence-corrected chi connectivity index (χ1v) is 7.27. The van der Waals surface area contributed by atoms with Crippen LogP contribution in [0.2, 0.25) is 0 Å². The Labute approximate surface area is 106 Å². The van der Waals surface area contributed by atoms with Crippen LogP contribution < -0.4 is 0 Å². The first kappa shape index (κ1) is 13.3. The lowest BCUT2D eigenvalue weighted by Crippen LogP contribution is -2.56. The van der Waals surface area contributed by atoms with Gasteiger partial charge in [-0.25, -0.2) is 0 Å². The van der Waals surface area contributed by atoms with E-state index in [9.17, 15) is 5.21 Å². The molecule has 1 heterocycles. The molecule has 1 saturated carbocycles. The summed E-state index contributed by atoms with van der Waals surface area (Å²) in [6, 6.07) is 0.431. The maximum Gasteiger partial charge on any atom is 0.0982 e. The molecule has 17 heavy (non-hydrogen) atoms. The van der Waals surface area contributed by atoms with Crippen molar-refractivity contribution >= 4 is 0 Å². The molecule has 1 spiro atoms. The van der Waals surface area contributed by atoms with Crippen LogP contribution in [-0.2, 0) is 0 Å². The molecule has 2 fully saturated rings. The number of nitrogens with zero attached hydrogens (tertiary/aromatic N) is 2. The fraction of sp³-hybridized carbons (Fsp3) is 1.00. The summed E-state index contributed by atoms with van der Waals surface area (Å²) in [5, 5.41) is 12.6. The Hall–Kier alpha value is -0.120. The highest BCUT2D eigenvalue weighted by molar-refractivity contribution is 5.10. The molecule has 3 heteroatoms. The van der Waals surface area contributed by atoms with Gasteiger partial charge in [-0.3, -0.25) is 4.90 Å². The number of hydroxylamine groups is 2. The molecule has 2 aliphatic rings. The number of hydrogen-bond acceptors (Lipinski definition) is 3. The van der Waals surface area contributed by atoms with Gasteiger partial charge in [0.05, 0.1) is 11.2 Å². The van der Waals surface area contributed by atoms with Crippen molar-refractivity contribution in [2.45, 2.75) is 83.0 Å². The average molecular weight is 240 g/mol. The normalized spacial score (nSPS) is 33.4. The van der Waals surface area contributed by atoms with E-state index in [2.05, 4.69) is 32.7 Å². The smallest absolute Gasteiger partial charge is 0.0982 e. The van der Waals surface area contributed by atoms with Gasteiger partial charge >= 0.3 is 0 Å². The zero-order valence-electron chi connectivity index (χ0n) is 11.9. The van der Waals surface area contributed by atoms with Gasteiger partial charge in [0, 0.05) is 6.04 Å². The van der Waals surface area contributed by atoms with E-state index in [1.165, 1.54) is 19.3 Å². The molecule has 1 N–H and O–H groups in total. The van der Waals surface area contributed by atoms with Gasteiger partial charge < -0.3 is 5.21 Å². The van der Waals surface area contributed by atoms with Crippen LogP contribution in [0.4, 0.5) is 0 Å². The van der Waals surface area contributed by atoms with Crippen molar-refractivity contribution in [3.05, 3.63) is 0 Å². The van der Waals surface area contributed by atoms with E-state index in [0.29, 0.717) is 6.04 Å². The van der Waals surface area contributed by atoms with Gasteiger partial charge in [-0.05, 0) is 39.7 Å². The Morgan fingerprint density at radius 1 is 1.12 bits per heavy atom. The summed E-state index contributed by atoms with van der Waals surface area (Å²) >= 11 is 0. The third-order valence-corrected chi connectivity index (χ3v) is 5.71. The number of hydrogen-bond donors (Lipinski definition) is 1. The van der Waals surface area contributed by atoms with E-state index >= 15 is 0 Å². The minimum Gasteiger partial charge on any atom is -0.312 e. The fourth-order valence-corrected chi connectivity index (χ4v) is 4.28. The predicted octanol–water partition coefficient (Wildman–Crippen LogP) is 3.23. The molecular formula is C14H28N2O. The third-order valence-electron chi connectivity index (χ3n) is 5.71. The minimum absolute atomic E-state index is 0.0495. The fourth-order valence-electron chi connectivity index (χ4n) is 4.28. The van der Waals surface area contributed by atoms with Gasteiger partial charge in [-0.15, -0.1) is 0 Å². The topological polar surface area (TPSA) is 26.7 Å². The van der Waals surface area contributed by atoms with E-state index in [0.717, 1.165) is 25.7 Å². The highest BCUT2D eigenvalue weighted by Crippen LogP contribution is 2.49. The van der Waals surface area contributed by atoms with Gasteiger partial charge in [0.25, 0.3) is 0 Å². The number of rotatable bonds is 2. The second kappa shape index (κ2) is 4.52. The molecule has 1 atom stereocenters. The van der Waals surface area contributed by atoms with Crippen molar-refractivity contribution in [1.82, 2.24) is 9.96 Å². The molecule has 3 nitrogen and oxygen atoms in total. The molecular weight excluding hydrogens is 212 g/mol. The van der Waals surface area contributed by atoms with Gasteiger partial charge in [0.2, 0.25) is 0 Å². The molecule has 0 bridgehead atoms. The van der Waals surface area contributed by atoms with Crippen LogP contribution in [-0.4, -0.2) is 39.5 Å². The van der Waals surface area contributed by atoms with Gasteiger partial charge in [0.1, 0.15) is 0 Å². The van der Waals surface area contributed by atoms with E-state index in [1.807, 2.05) is 0 Å². The molecule has 0 aromatic rings. The average Bonchev–Trinajstić information content (AvgIpc) is 2.52. The summed E-state index contributed by atoms with van der Waals surface area (Å²) in [6.07, 6.45) is 8.09. The monoisotopic (exact) mass is 240 g/mol. The largest absolute Gasteiger partial charge is 0.312 e. The summed E-state index contributed by atoms with van der Waals surface area (Å²) in [5.74, 6) is 0. The van der Waals surface area contributed by atoms with Gasteiger partial charge in [-0.2, -0.15) is 5.06 Å². The molecule has 1 unspecified atom stereocenters. The van der Waals surface area contributed by atoms with Crippen LogP contribution in [0.1, 0.15) is 65.7 Å². The highest BCUT2D eigenvalue weighted by Gasteiger charge is 2.60. The van der Waals surface area contributed by atoms with E-state index in [4.69, 9.17) is 0 Å². The molecule has 0 radical (unpaired) electrons. The second-order valence-electron chi connectivity index (χ2n) is 5.95. The zero-order valence-corrected chi connectivity index (χ0v) is 11.9. The quantitative estimate of drug-likeness (QED) is 0.802. The Morgan fingerprint density at radius 3 is 2.06 bits per heavy atom. The van der Waals surface area contributed by atoms with Crippen LogP contribution in [0.15, 0.2) is 0 Å². The zero-order chi connectivity index (χ0) is 12.7. The summed E-state index contributed by atoms with van der Waals surface area (Å²) < 4.78 is 0. The van der Waals surface area contributed by atoms with Crippen LogP contribution in [0.3, 0.4) is 0 Å². The maximum absolute atomic E-state index is 10.8. The molecule has 100 valence electrons. The lowest BCUT2D eigenvalue weighted by Gasteiger charge is -2.45. The second-order valence-corrected chi connectivity index (χ2v) is 5.95. The van der Waals surface area contributed by atoms with Crippen LogP contribution in [0, 0.1) is 0 Å². The molecule has 1 saturated heterocycles. The van der Waals surface area contributed by atoms with Gasteiger partial charge in [0.15, 0.2) is 0 Å². The van der Waals surface area contributed by atoms with Crippen LogP contribution in [0.5, 0.6) is 0 Å².